The molecule has 4 aromatic carbocycles. The monoisotopic (exact) mass is 390 g/mol. The lowest BCUT2D eigenvalue weighted by molar-refractivity contribution is -0.0499. The fraction of sp³-hybridized carbons (Fsp3) is 0.100. The molecule has 3 nitrogen and oxygen atoms in total. The van der Waals surface area contributed by atoms with Crippen LogP contribution in [0.3, 0.4) is 0 Å². The largest absolute Gasteiger partial charge is 0.534 e. The number of rotatable bonds is 2. The van der Waals surface area contributed by atoms with Gasteiger partial charge in [-0.05, 0) is 40.1 Å². The van der Waals surface area contributed by atoms with Gasteiger partial charge in [0.15, 0.2) is 5.75 Å². The molecule has 0 aliphatic rings. The van der Waals surface area contributed by atoms with Crippen LogP contribution in [0.1, 0.15) is 5.56 Å². The lowest BCUT2D eigenvalue weighted by atomic mass is 9.94. The van der Waals surface area contributed by atoms with Gasteiger partial charge < -0.3 is 4.18 Å². The van der Waals surface area contributed by atoms with Crippen LogP contribution in [0.15, 0.2) is 60.7 Å². The smallest absolute Gasteiger partial charge is 0.375 e. The molecule has 0 spiro atoms. The van der Waals surface area contributed by atoms with E-state index in [2.05, 4.69) is 4.18 Å². The molecule has 4 rings (SSSR count). The second kappa shape index (κ2) is 5.85. The van der Waals surface area contributed by atoms with Gasteiger partial charge in [0, 0.05) is 10.8 Å². The molecule has 0 radical (unpaired) electrons. The highest BCUT2D eigenvalue weighted by molar-refractivity contribution is 7.88. The first-order chi connectivity index (χ1) is 12.7. The molecular formula is C20H13F3O3S. The summed E-state index contributed by atoms with van der Waals surface area (Å²) in [6, 6.07) is 17.6. The summed E-state index contributed by atoms with van der Waals surface area (Å²) < 4.78 is 66.3. The van der Waals surface area contributed by atoms with Gasteiger partial charge in [0.05, 0.1) is 0 Å². The first-order valence-electron chi connectivity index (χ1n) is 8.03. The Morgan fingerprint density at radius 1 is 0.778 bits per heavy atom. The molecule has 0 saturated heterocycles. The molecule has 0 N–H and O–H groups in total. The highest BCUT2D eigenvalue weighted by atomic mass is 32.2. The zero-order chi connectivity index (χ0) is 19.4. The minimum absolute atomic E-state index is 0.338. The van der Waals surface area contributed by atoms with Crippen LogP contribution in [0.5, 0.6) is 5.75 Å². The van der Waals surface area contributed by atoms with Crippen LogP contribution in [0.2, 0.25) is 0 Å². The van der Waals surface area contributed by atoms with Gasteiger partial charge >= 0.3 is 15.6 Å². The van der Waals surface area contributed by atoms with E-state index >= 15 is 0 Å². The Labute approximate surface area is 153 Å². The minimum Gasteiger partial charge on any atom is -0.375 e. The normalized spacial score (nSPS) is 12.7. The summed E-state index contributed by atoms with van der Waals surface area (Å²) in [5.41, 5.74) is -4.70. The Morgan fingerprint density at radius 3 is 2.19 bits per heavy atom. The van der Waals surface area contributed by atoms with Crippen molar-refractivity contribution in [2.75, 3.05) is 0 Å². The van der Waals surface area contributed by atoms with Gasteiger partial charge in [0.2, 0.25) is 0 Å². The maximum atomic E-state index is 12.9. The van der Waals surface area contributed by atoms with Crippen molar-refractivity contribution in [2.45, 2.75) is 12.4 Å². The number of hydrogen-bond acceptors (Lipinski definition) is 3. The van der Waals surface area contributed by atoms with Crippen molar-refractivity contribution in [2.24, 2.45) is 0 Å². The van der Waals surface area contributed by atoms with Crippen molar-refractivity contribution in [1.82, 2.24) is 0 Å². The van der Waals surface area contributed by atoms with Crippen molar-refractivity contribution in [3.05, 3.63) is 66.2 Å². The predicted molar refractivity (Wildman–Crippen MR) is 99.3 cm³/mol. The molecule has 0 heterocycles. The number of benzene rings is 4. The Morgan fingerprint density at radius 2 is 1.44 bits per heavy atom. The van der Waals surface area contributed by atoms with E-state index in [1.807, 2.05) is 42.5 Å². The van der Waals surface area contributed by atoms with Crippen molar-refractivity contribution >= 4 is 42.4 Å². The maximum Gasteiger partial charge on any atom is 0.534 e. The quantitative estimate of drug-likeness (QED) is 0.251. The summed E-state index contributed by atoms with van der Waals surface area (Å²) in [5.74, 6) is -0.338. The Balaban J connectivity index is 2.16. The van der Waals surface area contributed by atoms with E-state index in [1.54, 1.807) is 19.1 Å². The number of alkyl halides is 3. The molecule has 7 heteroatoms. The summed E-state index contributed by atoms with van der Waals surface area (Å²) in [6.07, 6.45) is 0. The SMILES string of the molecule is Cc1ccc(OS(=O)(=O)C(F)(F)F)c2c1ccc1ccc3ccccc3c12. The highest BCUT2D eigenvalue weighted by Gasteiger charge is 2.48. The molecule has 0 aliphatic carbocycles. The van der Waals surface area contributed by atoms with E-state index in [4.69, 9.17) is 0 Å². The molecule has 0 amide bonds. The topological polar surface area (TPSA) is 43.4 Å². The van der Waals surface area contributed by atoms with Crippen LogP contribution in [0.4, 0.5) is 13.2 Å². The summed E-state index contributed by atoms with van der Waals surface area (Å²) in [6.45, 7) is 1.81. The van der Waals surface area contributed by atoms with E-state index in [-0.39, 0.29) is 5.75 Å². The third kappa shape index (κ3) is 2.78. The molecule has 27 heavy (non-hydrogen) atoms. The number of fused-ring (bicyclic) bond motifs is 5. The van der Waals surface area contributed by atoms with Crippen LogP contribution >= 0.6 is 0 Å². The average molecular weight is 390 g/mol. The van der Waals surface area contributed by atoms with Crippen LogP contribution in [-0.2, 0) is 10.1 Å². The molecular weight excluding hydrogens is 377 g/mol. The summed E-state index contributed by atoms with van der Waals surface area (Å²) in [7, 11) is -5.78. The van der Waals surface area contributed by atoms with Gasteiger partial charge in [0.1, 0.15) is 0 Å². The number of aryl methyl sites for hydroxylation is 1. The Bertz CT molecular complexity index is 1310. The van der Waals surface area contributed by atoms with Crippen molar-refractivity contribution in [3.63, 3.8) is 0 Å². The third-order valence-corrected chi connectivity index (χ3v) is 5.51. The summed E-state index contributed by atoms with van der Waals surface area (Å²) in [5, 5.41) is 4.11. The first kappa shape index (κ1) is 17.6. The van der Waals surface area contributed by atoms with E-state index in [9.17, 15) is 21.6 Å². The summed E-state index contributed by atoms with van der Waals surface area (Å²) in [4.78, 5) is 0. The fourth-order valence-corrected chi connectivity index (χ4v) is 3.76. The molecule has 4 aromatic rings. The van der Waals surface area contributed by atoms with Crippen LogP contribution in [-0.4, -0.2) is 13.9 Å². The van der Waals surface area contributed by atoms with Gasteiger partial charge in [-0.3, -0.25) is 0 Å². The van der Waals surface area contributed by atoms with E-state index in [1.165, 1.54) is 6.07 Å². The van der Waals surface area contributed by atoms with Crippen LogP contribution in [0, 0.1) is 6.92 Å². The van der Waals surface area contributed by atoms with Crippen molar-refractivity contribution < 1.29 is 25.8 Å². The van der Waals surface area contributed by atoms with Crippen LogP contribution < -0.4 is 4.18 Å². The first-order valence-corrected chi connectivity index (χ1v) is 9.44. The zero-order valence-electron chi connectivity index (χ0n) is 14.0. The van der Waals surface area contributed by atoms with E-state index < -0.39 is 15.6 Å². The zero-order valence-corrected chi connectivity index (χ0v) is 14.9. The van der Waals surface area contributed by atoms with E-state index in [0.29, 0.717) is 16.2 Å². The lowest BCUT2D eigenvalue weighted by Crippen LogP contribution is -2.28. The molecule has 0 atom stereocenters. The molecule has 0 saturated carbocycles. The lowest BCUT2D eigenvalue weighted by Gasteiger charge is -2.15. The predicted octanol–water partition coefficient (Wildman–Crippen LogP) is 5.68. The van der Waals surface area contributed by atoms with E-state index in [0.717, 1.165) is 21.7 Å². The van der Waals surface area contributed by atoms with Gasteiger partial charge in [-0.25, -0.2) is 0 Å². The highest BCUT2D eigenvalue weighted by Crippen LogP contribution is 2.40. The molecule has 0 fully saturated rings. The molecule has 0 aliphatic heterocycles. The molecule has 0 aromatic heterocycles. The molecule has 0 unspecified atom stereocenters. The maximum absolute atomic E-state index is 12.9. The van der Waals surface area contributed by atoms with Crippen molar-refractivity contribution in [3.8, 4) is 5.75 Å². The van der Waals surface area contributed by atoms with Gasteiger partial charge in [-0.1, -0.05) is 54.6 Å². The van der Waals surface area contributed by atoms with Gasteiger partial charge in [0.25, 0.3) is 0 Å². The second-order valence-corrected chi connectivity index (χ2v) is 7.77. The average Bonchev–Trinajstić information content (AvgIpc) is 2.62. The second-order valence-electron chi connectivity index (χ2n) is 6.24. The van der Waals surface area contributed by atoms with Gasteiger partial charge in [-0.2, -0.15) is 21.6 Å². The molecule has 138 valence electrons. The minimum atomic E-state index is -5.78. The standard InChI is InChI=1S/C20H13F3O3S/c1-12-6-11-17(26-27(24,25)20(21,22)23)19-15(12)10-9-14-8-7-13-4-2-3-5-16(13)18(14)19/h2-11H,1H3. The van der Waals surface area contributed by atoms with Gasteiger partial charge in [-0.15, -0.1) is 0 Å². The summed E-state index contributed by atoms with van der Waals surface area (Å²) >= 11 is 0. The Hall–Kier alpha value is -2.80. The molecule has 0 bridgehead atoms. The Kier molecular flexibility index (Phi) is 3.82. The third-order valence-electron chi connectivity index (χ3n) is 4.55. The number of halogens is 3. The fourth-order valence-electron chi connectivity index (χ4n) is 3.29. The number of hydrogen-bond donors (Lipinski definition) is 0. The van der Waals surface area contributed by atoms with Crippen molar-refractivity contribution in [1.29, 1.82) is 0 Å². The van der Waals surface area contributed by atoms with Crippen LogP contribution in [0.25, 0.3) is 32.3 Å².